The molecule has 1 heteroatoms. The van der Waals surface area contributed by atoms with Gasteiger partial charge in [-0.25, -0.2) is 0 Å². The number of fused-ring (bicyclic) bond motifs is 1. The maximum Gasteiger partial charge on any atom is 0.0774 e. The molecular weight excluding hydrogens is 182 g/mol. The summed E-state index contributed by atoms with van der Waals surface area (Å²) in [6.45, 7) is 2.27. The van der Waals surface area contributed by atoms with Crippen LogP contribution in [0.4, 0.5) is 0 Å². The molecule has 2 aliphatic rings. The molecule has 1 aliphatic heterocycles. The van der Waals surface area contributed by atoms with Gasteiger partial charge in [0.1, 0.15) is 0 Å². The van der Waals surface area contributed by atoms with Gasteiger partial charge in [-0.15, -0.1) is 0 Å². The highest BCUT2D eigenvalue weighted by molar-refractivity contribution is 5.74. The van der Waals surface area contributed by atoms with Gasteiger partial charge in [0, 0.05) is 6.21 Å². The van der Waals surface area contributed by atoms with Gasteiger partial charge in [-0.1, -0.05) is 38.3 Å². The predicted molar refractivity (Wildman–Crippen MR) is 66.4 cm³/mol. The lowest BCUT2D eigenvalue weighted by Gasteiger charge is -2.30. The van der Waals surface area contributed by atoms with Crippen molar-refractivity contribution in [2.45, 2.75) is 51.5 Å². The number of aliphatic imine (C=N–C) groups is 1. The number of hydrogen-bond acceptors (Lipinski definition) is 1. The van der Waals surface area contributed by atoms with Crippen molar-refractivity contribution in [3.63, 3.8) is 0 Å². The molecule has 0 aromatic carbocycles. The van der Waals surface area contributed by atoms with Crippen molar-refractivity contribution in [1.82, 2.24) is 0 Å². The Morgan fingerprint density at radius 3 is 3.20 bits per heavy atom. The van der Waals surface area contributed by atoms with Crippen molar-refractivity contribution in [1.29, 1.82) is 0 Å². The normalized spacial score (nSPS) is 28.7. The molecule has 2 atom stereocenters. The number of nitrogens with zero attached hydrogens (tertiary/aromatic N) is 1. The van der Waals surface area contributed by atoms with E-state index in [1.165, 1.54) is 44.1 Å². The van der Waals surface area contributed by atoms with Crippen LogP contribution in [0.5, 0.6) is 0 Å². The summed E-state index contributed by atoms with van der Waals surface area (Å²) in [5.41, 5.74) is 1.46. The van der Waals surface area contributed by atoms with E-state index in [-0.39, 0.29) is 0 Å². The van der Waals surface area contributed by atoms with E-state index in [1.54, 1.807) is 0 Å². The van der Waals surface area contributed by atoms with Crippen LogP contribution in [-0.4, -0.2) is 12.3 Å². The summed E-state index contributed by atoms with van der Waals surface area (Å²) in [7, 11) is 0. The monoisotopic (exact) mass is 203 g/mol. The third-order valence-corrected chi connectivity index (χ3v) is 3.51. The smallest absolute Gasteiger partial charge is 0.0774 e. The first-order valence-electron chi connectivity index (χ1n) is 6.31. The first kappa shape index (κ1) is 10.7. The Balaban J connectivity index is 1.93. The Hall–Kier alpha value is -0.850. The van der Waals surface area contributed by atoms with Crippen LogP contribution < -0.4 is 0 Å². The Kier molecular flexibility index (Phi) is 3.76. The molecule has 1 aliphatic carbocycles. The van der Waals surface area contributed by atoms with Crippen LogP contribution in [0.25, 0.3) is 0 Å². The summed E-state index contributed by atoms with van der Waals surface area (Å²) >= 11 is 0. The molecule has 0 aromatic rings. The molecule has 0 amide bonds. The van der Waals surface area contributed by atoms with Crippen LogP contribution in [0.3, 0.4) is 0 Å². The number of rotatable bonds is 4. The average molecular weight is 203 g/mol. The molecule has 0 saturated heterocycles. The quantitative estimate of drug-likeness (QED) is 0.614. The minimum atomic E-state index is 0.487. The molecule has 1 heterocycles. The van der Waals surface area contributed by atoms with E-state index in [1.807, 2.05) is 6.21 Å². The summed E-state index contributed by atoms with van der Waals surface area (Å²) in [5.74, 6) is 0.803. The van der Waals surface area contributed by atoms with E-state index in [4.69, 9.17) is 0 Å². The van der Waals surface area contributed by atoms with Gasteiger partial charge in [-0.05, 0) is 36.8 Å². The minimum absolute atomic E-state index is 0.487. The molecule has 2 rings (SSSR count). The Morgan fingerprint density at radius 1 is 1.40 bits per heavy atom. The van der Waals surface area contributed by atoms with Crippen molar-refractivity contribution < 1.29 is 0 Å². The topological polar surface area (TPSA) is 12.4 Å². The average Bonchev–Trinajstić information content (AvgIpc) is 2.30. The molecule has 0 spiro atoms. The summed E-state index contributed by atoms with van der Waals surface area (Å²) in [5, 5.41) is 0. The van der Waals surface area contributed by atoms with Crippen LogP contribution in [0, 0.1) is 5.92 Å². The zero-order valence-electron chi connectivity index (χ0n) is 9.65. The third-order valence-electron chi connectivity index (χ3n) is 3.51. The molecule has 82 valence electrons. The maximum atomic E-state index is 4.63. The van der Waals surface area contributed by atoms with Crippen molar-refractivity contribution in [3.8, 4) is 0 Å². The number of unbranched alkanes of at least 4 members (excludes halogenated alkanes) is 2. The molecular formula is C14H21N. The van der Waals surface area contributed by atoms with Crippen molar-refractivity contribution in [3.05, 3.63) is 23.8 Å². The highest BCUT2D eigenvalue weighted by Crippen LogP contribution is 2.32. The first-order valence-corrected chi connectivity index (χ1v) is 6.31. The van der Waals surface area contributed by atoms with Gasteiger partial charge in [0.15, 0.2) is 0 Å². The zero-order valence-corrected chi connectivity index (χ0v) is 9.65. The van der Waals surface area contributed by atoms with E-state index < -0.39 is 0 Å². The maximum absolute atomic E-state index is 4.63. The summed E-state index contributed by atoms with van der Waals surface area (Å²) < 4.78 is 0. The van der Waals surface area contributed by atoms with Gasteiger partial charge in [-0.2, -0.15) is 0 Å². The van der Waals surface area contributed by atoms with E-state index >= 15 is 0 Å². The van der Waals surface area contributed by atoms with E-state index in [0.717, 1.165) is 5.92 Å². The second-order valence-electron chi connectivity index (χ2n) is 4.64. The first-order chi connectivity index (χ1) is 7.42. The largest absolute Gasteiger partial charge is 0.285 e. The van der Waals surface area contributed by atoms with Crippen molar-refractivity contribution in [2.75, 3.05) is 0 Å². The standard InChI is InChI=1S/C14H21N/c1-2-3-4-7-12-8-5-9-13-10-6-11-15-14(12)13/h6,9-12,14H,2-5,7-8H2,1H3. The van der Waals surface area contributed by atoms with E-state index in [9.17, 15) is 0 Å². The number of hydrogen-bond donors (Lipinski definition) is 0. The van der Waals surface area contributed by atoms with Gasteiger partial charge < -0.3 is 0 Å². The number of dihydropyridines is 1. The van der Waals surface area contributed by atoms with Crippen LogP contribution in [-0.2, 0) is 0 Å². The van der Waals surface area contributed by atoms with Gasteiger partial charge >= 0.3 is 0 Å². The summed E-state index contributed by atoms with van der Waals surface area (Å²) in [4.78, 5) is 4.63. The van der Waals surface area contributed by atoms with Crippen molar-refractivity contribution >= 4 is 6.21 Å². The molecule has 0 aromatic heterocycles. The highest BCUT2D eigenvalue weighted by Gasteiger charge is 2.26. The molecule has 0 fully saturated rings. The molecule has 0 bridgehead atoms. The van der Waals surface area contributed by atoms with Crippen LogP contribution >= 0.6 is 0 Å². The second kappa shape index (κ2) is 5.29. The van der Waals surface area contributed by atoms with Gasteiger partial charge in [0.05, 0.1) is 6.04 Å². The van der Waals surface area contributed by atoms with Crippen molar-refractivity contribution in [2.24, 2.45) is 10.9 Å². The van der Waals surface area contributed by atoms with Crippen LogP contribution in [0.15, 0.2) is 28.8 Å². The Bertz CT molecular complexity index is 286. The molecule has 1 nitrogen and oxygen atoms in total. The van der Waals surface area contributed by atoms with E-state index in [2.05, 4.69) is 30.1 Å². The second-order valence-corrected chi connectivity index (χ2v) is 4.64. The number of allylic oxidation sites excluding steroid dienone is 2. The summed E-state index contributed by atoms with van der Waals surface area (Å²) in [6, 6.07) is 0.487. The van der Waals surface area contributed by atoms with Gasteiger partial charge in [-0.3, -0.25) is 4.99 Å². The molecule has 0 N–H and O–H groups in total. The SMILES string of the molecule is CCCCCC1CCC=C2C=CC=NC21. The lowest BCUT2D eigenvalue weighted by atomic mass is 9.80. The fourth-order valence-corrected chi connectivity index (χ4v) is 2.64. The lowest BCUT2D eigenvalue weighted by molar-refractivity contribution is 0.376. The fourth-order valence-electron chi connectivity index (χ4n) is 2.64. The predicted octanol–water partition coefficient (Wildman–Crippen LogP) is 3.91. The molecule has 0 radical (unpaired) electrons. The lowest BCUT2D eigenvalue weighted by Crippen LogP contribution is -2.25. The third kappa shape index (κ3) is 2.58. The fraction of sp³-hybridized carbons (Fsp3) is 0.643. The van der Waals surface area contributed by atoms with Gasteiger partial charge in [0.25, 0.3) is 0 Å². The molecule has 2 unspecified atom stereocenters. The zero-order chi connectivity index (χ0) is 10.5. The molecule has 0 saturated carbocycles. The summed E-state index contributed by atoms with van der Waals surface area (Å²) in [6.07, 6.45) is 16.7. The Labute approximate surface area is 93.0 Å². The minimum Gasteiger partial charge on any atom is -0.285 e. The van der Waals surface area contributed by atoms with E-state index in [0.29, 0.717) is 6.04 Å². The Morgan fingerprint density at radius 2 is 2.33 bits per heavy atom. The molecule has 15 heavy (non-hydrogen) atoms. The van der Waals surface area contributed by atoms with Crippen LogP contribution in [0.1, 0.15) is 45.4 Å². The van der Waals surface area contributed by atoms with Gasteiger partial charge in [0.2, 0.25) is 0 Å². The van der Waals surface area contributed by atoms with Crippen LogP contribution in [0.2, 0.25) is 0 Å². The highest BCUT2D eigenvalue weighted by atomic mass is 14.8.